The smallest absolute Gasteiger partial charge is 0.406 e. The molecule has 0 bridgehead atoms. The normalized spacial score (nSPS) is 12.8. The fraction of sp³-hybridized carbons (Fsp3) is 0.545. The van der Waals surface area contributed by atoms with Crippen molar-refractivity contribution in [1.29, 1.82) is 0 Å². The summed E-state index contributed by atoms with van der Waals surface area (Å²) in [6, 6.07) is -1.57. The molecule has 1 heterocycles. The number of halogens is 3. The molecule has 1 rings (SSSR count). The van der Waals surface area contributed by atoms with Gasteiger partial charge < -0.3 is 19.9 Å². The first-order chi connectivity index (χ1) is 9.67. The Morgan fingerprint density at radius 2 is 2.14 bits per heavy atom. The van der Waals surface area contributed by atoms with E-state index in [2.05, 4.69) is 10.3 Å². The number of carboxylic acid groups (broad SMARTS) is 1. The highest BCUT2D eigenvalue weighted by molar-refractivity contribution is 5.80. The number of urea groups is 1. The van der Waals surface area contributed by atoms with Gasteiger partial charge >= 0.3 is 18.2 Å². The molecule has 10 heteroatoms. The number of imidazole rings is 1. The number of hydrogen-bond acceptors (Lipinski definition) is 3. The predicted molar refractivity (Wildman–Crippen MR) is 65.5 cm³/mol. The minimum Gasteiger partial charge on any atom is -0.480 e. The molecule has 7 nitrogen and oxygen atoms in total. The number of aliphatic carboxylic acids is 1. The van der Waals surface area contributed by atoms with Gasteiger partial charge in [0.05, 0.1) is 6.33 Å². The van der Waals surface area contributed by atoms with Gasteiger partial charge in [-0.3, -0.25) is 4.79 Å². The second-order valence-electron chi connectivity index (χ2n) is 4.47. The van der Waals surface area contributed by atoms with E-state index >= 15 is 0 Å². The summed E-state index contributed by atoms with van der Waals surface area (Å²) in [5, 5.41) is 10.9. The maximum Gasteiger partial charge on any atom is 0.406 e. The number of aromatic nitrogens is 2. The molecule has 0 saturated carbocycles. The first-order valence-corrected chi connectivity index (χ1v) is 5.97. The summed E-state index contributed by atoms with van der Waals surface area (Å²) in [5.74, 6) is -1.52. The lowest BCUT2D eigenvalue weighted by molar-refractivity contribution is -0.149. The van der Waals surface area contributed by atoms with E-state index in [0.717, 1.165) is 0 Å². The molecule has 0 aliphatic heterocycles. The van der Waals surface area contributed by atoms with Crippen LogP contribution < -0.4 is 5.32 Å². The van der Waals surface area contributed by atoms with Crippen LogP contribution in [0.2, 0.25) is 0 Å². The number of carboxylic acids is 1. The average molecular weight is 308 g/mol. The molecule has 0 saturated heterocycles. The number of amides is 2. The molecule has 0 radical (unpaired) electrons. The lowest BCUT2D eigenvalue weighted by Crippen LogP contribution is -2.50. The third kappa shape index (κ3) is 6.63. The monoisotopic (exact) mass is 308 g/mol. The number of carbonyl (C=O) groups excluding carboxylic acids is 1. The topological polar surface area (TPSA) is 87.5 Å². The molecule has 1 atom stereocenters. The van der Waals surface area contributed by atoms with Crippen molar-refractivity contribution in [1.82, 2.24) is 19.8 Å². The number of alkyl halides is 3. The Kier molecular flexibility index (Phi) is 5.56. The Bertz CT molecular complexity index is 476. The van der Waals surface area contributed by atoms with E-state index < -0.39 is 37.3 Å². The van der Waals surface area contributed by atoms with Gasteiger partial charge in [0.25, 0.3) is 0 Å². The van der Waals surface area contributed by atoms with Crippen LogP contribution in [0, 0.1) is 0 Å². The molecule has 0 aliphatic rings. The van der Waals surface area contributed by atoms with E-state index in [1.807, 2.05) is 0 Å². The molecular formula is C11H15F3N4O3. The highest BCUT2D eigenvalue weighted by Gasteiger charge is 2.34. The van der Waals surface area contributed by atoms with Crippen LogP contribution in [0.4, 0.5) is 18.0 Å². The van der Waals surface area contributed by atoms with Crippen molar-refractivity contribution < 1.29 is 27.9 Å². The van der Waals surface area contributed by atoms with E-state index in [1.54, 1.807) is 17.7 Å². The fourth-order valence-corrected chi connectivity index (χ4v) is 1.64. The molecule has 2 N–H and O–H groups in total. The summed E-state index contributed by atoms with van der Waals surface area (Å²) in [4.78, 5) is 26.3. The molecule has 1 unspecified atom stereocenters. The lowest BCUT2D eigenvalue weighted by atomic mass is 10.3. The first kappa shape index (κ1) is 16.8. The van der Waals surface area contributed by atoms with Crippen LogP contribution >= 0.6 is 0 Å². The fourth-order valence-electron chi connectivity index (χ4n) is 1.64. The third-order valence-electron chi connectivity index (χ3n) is 2.40. The standard InChI is InChI=1S/C11H15F3N4O3/c1-8(4-17-3-2-15-7-17)16-10(21)18(5-9(19)20)6-11(12,13)14/h2-3,7-8H,4-6H2,1H3,(H,16,21)(H,19,20). The van der Waals surface area contributed by atoms with Gasteiger partial charge in [0.2, 0.25) is 0 Å². The lowest BCUT2D eigenvalue weighted by Gasteiger charge is -2.24. The summed E-state index contributed by atoms with van der Waals surface area (Å²) in [6.45, 7) is -0.755. The molecule has 0 aliphatic carbocycles. The Hall–Kier alpha value is -2.26. The number of carbonyl (C=O) groups is 2. The van der Waals surface area contributed by atoms with Gasteiger partial charge in [0.15, 0.2) is 0 Å². The molecule has 118 valence electrons. The van der Waals surface area contributed by atoms with Crippen molar-refractivity contribution in [2.75, 3.05) is 13.1 Å². The second-order valence-corrected chi connectivity index (χ2v) is 4.47. The van der Waals surface area contributed by atoms with Crippen LogP contribution in [0.3, 0.4) is 0 Å². The summed E-state index contributed by atoms with van der Waals surface area (Å²) in [6.07, 6.45) is -0.0178. The zero-order valence-electron chi connectivity index (χ0n) is 11.2. The molecule has 0 fully saturated rings. The van der Waals surface area contributed by atoms with Gasteiger partial charge in [-0.15, -0.1) is 0 Å². The minimum absolute atomic E-state index is 0.201. The number of nitrogens with zero attached hydrogens (tertiary/aromatic N) is 3. The number of hydrogen-bond donors (Lipinski definition) is 2. The Morgan fingerprint density at radius 1 is 1.48 bits per heavy atom. The summed E-state index contributed by atoms with van der Waals surface area (Å²) >= 11 is 0. The third-order valence-corrected chi connectivity index (χ3v) is 2.40. The summed E-state index contributed by atoms with van der Waals surface area (Å²) < 4.78 is 38.6. The van der Waals surface area contributed by atoms with Gasteiger partial charge in [-0.1, -0.05) is 0 Å². The molecule has 0 spiro atoms. The maximum absolute atomic E-state index is 12.3. The highest BCUT2D eigenvalue weighted by atomic mass is 19.4. The summed E-state index contributed by atoms with van der Waals surface area (Å²) in [5.41, 5.74) is 0. The van der Waals surface area contributed by atoms with Crippen molar-refractivity contribution in [3.63, 3.8) is 0 Å². The molecular weight excluding hydrogens is 293 g/mol. The van der Waals surface area contributed by atoms with E-state index in [-0.39, 0.29) is 4.90 Å². The zero-order valence-corrected chi connectivity index (χ0v) is 11.2. The van der Waals surface area contributed by atoms with Crippen molar-refractivity contribution in [2.45, 2.75) is 25.7 Å². The Morgan fingerprint density at radius 3 is 2.62 bits per heavy atom. The van der Waals surface area contributed by atoms with Gasteiger partial charge in [-0.2, -0.15) is 13.2 Å². The zero-order chi connectivity index (χ0) is 16.0. The van der Waals surface area contributed by atoms with Crippen LogP contribution in [0.15, 0.2) is 18.7 Å². The predicted octanol–water partition coefficient (Wildman–Crippen LogP) is 0.930. The minimum atomic E-state index is -4.67. The van der Waals surface area contributed by atoms with E-state index in [9.17, 15) is 22.8 Å². The molecule has 21 heavy (non-hydrogen) atoms. The first-order valence-electron chi connectivity index (χ1n) is 5.97. The van der Waals surface area contributed by atoms with Crippen LogP contribution in [0.5, 0.6) is 0 Å². The number of rotatable bonds is 6. The van der Waals surface area contributed by atoms with Crippen molar-refractivity contribution in [3.8, 4) is 0 Å². The number of nitrogens with one attached hydrogen (secondary N) is 1. The van der Waals surface area contributed by atoms with E-state index in [4.69, 9.17) is 5.11 Å². The van der Waals surface area contributed by atoms with Crippen molar-refractivity contribution >= 4 is 12.0 Å². The van der Waals surface area contributed by atoms with Crippen molar-refractivity contribution in [3.05, 3.63) is 18.7 Å². The average Bonchev–Trinajstić information content (AvgIpc) is 2.77. The van der Waals surface area contributed by atoms with Crippen LogP contribution in [-0.4, -0.2) is 56.9 Å². The Balaban J connectivity index is 2.60. The second kappa shape index (κ2) is 6.95. The van der Waals surface area contributed by atoms with Crippen LogP contribution in [0.1, 0.15) is 6.92 Å². The molecule has 1 aromatic heterocycles. The molecule has 0 aromatic carbocycles. The highest BCUT2D eigenvalue weighted by Crippen LogP contribution is 2.16. The SMILES string of the molecule is CC(Cn1ccnc1)NC(=O)N(CC(=O)O)CC(F)(F)F. The van der Waals surface area contributed by atoms with Gasteiger partial charge in [0, 0.05) is 25.0 Å². The van der Waals surface area contributed by atoms with E-state index in [0.29, 0.717) is 6.54 Å². The quantitative estimate of drug-likeness (QED) is 0.818. The maximum atomic E-state index is 12.3. The van der Waals surface area contributed by atoms with Gasteiger partial charge in [-0.25, -0.2) is 9.78 Å². The molecule has 2 amide bonds. The van der Waals surface area contributed by atoms with Gasteiger partial charge in [0.1, 0.15) is 13.1 Å². The van der Waals surface area contributed by atoms with Crippen molar-refractivity contribution in [2.24, 2.45) is 0 Å². The molecule has 1 aromatic rings. The largest absolute Gasteiger partial charge is 0.480 e. The van der Waals surface area contributed by atoms with E-state index in [1.165, 1.54) is 12.5 Å². The van der Waals surface area contributed by atoms with Crippen LogP contribution in [-0.2, 0) is 11.3 Å². The summed E-state index contributed by atoms with van der Waals surface area (Å²) in [7, 11) is 0. The van der Waals surface area contributed by atoms with Crippen LogP contribution in [0.25, 0.3) is 0 Å². The van der Waals surface area contributed by atoms with Gasteiger partial charge in [-0.05, 0) is 6.92 Å². The Labute approximate surface area is 118 Å².